The average molecular weight is 387 g/mol. The standard InChI is InChI=1S/C18H17N3O7/c1-26-13-5-11(6-14(8-13)27-2)19-17(22)9-20-15-7-12(21(24)25)3-4-16(15)28-10-18(20)23/h3-8H,9-10H2,1-2H3,(H,19,22). The van der Waals surface area contributed by atoms with Crippen LogP contribution < -0.4 is 24.4 Å². The summed E-state index contributed by atoms with van der Waals surface area (Å²) in [6, 6.07) is 8.72. The highest BCUT2D eigenvalue weighted by atomic mass is 16.6. The minimum atomic E-state index is -0.583. The van der Waals surface area contributed by atoms with Crippen molar-refractivity contribution in [2.75, 3.05) is 37.6 Å². The van der Waals surface area contributed by atoms with Gasteiger partial charge in [-0.25, -0.2) is 0 Å². The van der Waals surface area contributed by atoms with Crippen LogP contribution in [-0.2, 0) is 9.59 Å². The molecular weight excluding hydrogens is 370 g/mol. The van der Waals surface area contributed by atoms with Gasteiger partial charge in [-0.05, 0) is 6.07 Å². The van der Waals surface area contributed by atoms with Crippen LogP contribution in [0.1, 0.15) is 0 Å². The Labute approximate surface area is 159 Å². The second kappa shape index (κ2) is 7.82. The SMILES string of the molecule is COc1cc(NC(=O)CN2C(=O)COc3ccc([N+](=O)[O-])cc32)cc(OC)c1. The highest BCUT2D eigenvalue weighted by Crippen LogP contribution is 2.35. The molecule has 10 heteroatoms. The summed E-state index contributed by atoms with van der Waals surface area (Å²) < 4.78 is 15.6. The number of carbonyl (C=O) groups excluding carboxylic acids is 2. The molecule has 0 saturated heterocycles. The fraction of sp³-hybridized carbons (Fsp3) is 0.222. The normalized spacial score (nSPS) is 12.6. The second-order valence-electron chi connectivity index (χ2n) is 5.83. The molecule has 146 valence electrons. The van der Waals surface area contributed by atoms with Crippen molar-refractivity contribution in [3.8, 4) is 17.2 Å². The van der Waals surface area contributed by atoms with E-state index in [1.165, 1.54) is 32.4 Å². The number of benzene rings is 2. The minimum Gasteiger partial charge on any atom is -0.497 e. The Morgan fingerprint density at radius 3 is 2.50 bits per heavy atom. The Hall–Kier alpha value is -3.82. The molecule has 3 rings (SSSR count). The molecule has 1 aliphatic rings. The number of amides is 2. The molecule has 0 fully saturated rings. The summed E-state index contributed by atoms with van der Waals surface area (Å²) in [7, 11) is 2.97. The third-order valence-corrected chi connectivity index (χ3v) is 4.03. The Morgan fingerprint density at radius 1 is 1.21 bits per heavy atom. The van der Waals surface area contributed by atoms with Gasteiger partial charge in [0.25, 0.3) is 11.6 Å². The maximum Gasteiger partial charge on any atom is 0.271 e. The van der Waals surface area contributed by atoms with E-state index < -0.39 is 16.7 Å². The van der Waals surface area contributed by atoms with Crippen molar-refractivity contribution < 1.29 is 28.7 Å². The molecule has 0 aliphatic carbocycles. The van der Waals surface area contributed by atoms with Crippen LogP contribution in [0.2, 0.25) is 0 Å². The smallest absolute Gasteiger partial charge is 0.271 e. The molecule has 0 unspecified atom stereocenters. The van der Waals surface area contributed by atoms with E-state index in [4.69, 9.17) is 14.2 Å². The van der Waals surface area contributed by atoms with Crippen molar-refractivity contribution in [1.29, 1.82) is 0 Å². The van der Waals surface area contributed by atoms with E-state index >= 15 is 0 Å². The highest BCUT2D eigenvalue weighted by molar-refractivity contribution is 6.05. The second-order valence-corrected chi connectivity index (χ2v) is 5.83. The summed E-state index contributed by atoms with van der Waals surface area (Å²) in [4.78, 5) is 36.3. The number of nitro benzene ring substituents is 1. The van der Waals surface area contributed by atoms with Gasteiger partial charge in [0, 0.05) is 36.0 Å². The number of rotatable bonds is 6. The van der Waals surface area contributed by atoms with Gasteiger partial charge >= 0.3 is 0 Å². The molecule has 0 aromatic heterocycles. The third kappa shape index (κ3) is 3.95. The average Bonchev–Trinajstić information content (AvgIpc) is 2.69. The molecule has 0 bridgehead atoms. The van der Waals surface area contributed by atoms with Crippen LogP contribution in [0.15, 0.2) is 36.4 Å². The van der Waals surface area contributed by atoms with E-state index in [-0.39, 0.29) is 24.5 Å². The zero-order valence-electron chi connectivity index (χ0n) is 15.1. The Bertz CT molecular complexity index is 923. The van der Waals surface area contributed by atoms with Crippen molar-refractivity contribution in [2.24, 2.45) is 0 Å². The first-order valence-electron chi connectivity index (χ1n) is 8.16. The van der Waals surface area contributed by atoms with Crippen LogP contribution in [-0.4, -0.2) is 44.1 Å². The number of carbonyl (C=O) groups is 2. The third-order valence-electron chi connectivity index (χ3n) is 4.03. The molecule has 2 aromatic carbocycles. The predicted molar refractivity (Wildman–Crippen MR) is 99.1 cm³/mol. The molecular formula is C18H17N3O7. The molecule has 0 radical (unpaired) electrons. The van der Waals surface area contributed by atoms with Gasteiger partial charge in [0.15, 0.2) is 6.61 Å². The summed E-state index contributed by atoms with van der Waals surface area (Å²) in [6.07, 6.45) is 0. The zero-order valence-corrected chi connectivity index (χ0v) is 15.1. The van der Waals surface area contributed by atoms with Gasteiger partial charge in [0.1, 0.15) is 23.8 Å². The summed E-state index contributed by atoms with van der Waals surface area (Å²) in [5, 5.41) is 13.7. The lowest BCUT2D eigenvalue weighted by atomic mass is 10.2. The van der Waals surface area contributed by atoms with Gasteiger partial charge in [-0.1, -0.05) is 0 Å². The summed E-state index contributed by atoms with van der Waals surface area (Å²) in [6.45, 7) is -0.596. The van der Waals surface area contributed by atoms with Crippen molar-refractivity contribution in [3.63, 3.8) is 0 Å². The minimum absolute atomic E-state index is 0.170. The maximum absolute atomic E-state index is 12.5. The van der Waals surface area contributed by atoms with Crippen molar-refractivity contribution in [3.05, 3.63) is 46.5 Å². The van der Waals surface area contributed by atoms with Crippen LogP contribution in [0, 0.1) is 10.1 Å². The number of fused-ring (bicyclic) bond motifs is 1. The van der Waals surface area contributed by atoms with Gasteiger partial charge in [0.05, 0.1) is 24.8 Å². The molecule has 1 aliphatic heterocycles. The van der Waals surface area contributed by atoms with E-state index in [1.54, 1.807) is 18.2 Å². The van der Waals surface area contributed by atoms with Gasteiger partial charge in [-0.15, -0.1) is 0 Å². The Balaban J connectivity index is 1.82. The van der Waals surface area contributed by atoms with Crippen LogP contribution in [0.25, 0.3) is 0 Å². The lowest BCUT2D eigenvalue weighted by Gasteiger charge is -2.28. The number of non-ortho nitro benzene ring substituents is 1. The summed E-state index contributed by atoms with van der Waals surface area (Å²) in [5.41, 5.74) is 0.380. The number of hydrogen-bond donors (Lipinski definition) is 1. The van der Waals surface area contributed by atoms with Crippen LogP contribution >= 0.6 is 0 Å². The molecule has 2 amide bonds. The van der Waals surface area contributed by atoms with Crippen LogP contribution in [0.5, 0.6) is 17.2 Å². The van der Waals surface area contributed by atoms with E-state index in [2.05, 4.69) is 5.32 Å². The van der Waals surface area contributed by atoms with E-state index in [0.29, 0.717) is 22.9 Å². The number of nitrogens with one attached hydrogen (secondary N) is 1. The zero-order chi connectivity index (χ0) is 20.3. The monoisotopic (exact) mass is 387 g/mol. The molecule has 0 spiro atoms. The molecule has 1 heterocycles. The van der Waals surface area contributed by atoms with E-state index in [0.717, 1.165) is 4.90 Å². The lowest BCUT2D eigenvalue weighted by molar-refractivity contribution is -0.384. The fourth-order valence-electron chi connectivity index (χ4n) is 2.70. The highest BCUT2D eigenvalue weighted by Gasteiger charge is 2.29. The topological polar surface area (TPSA) is 120 Å². The number of nitrogens with zero attached hydrogens (tertiary/aromatic N) is 2. The fourth-order valence-corrected chi connectivity index (χ4v) is 2.70. The molecule has 28 heavy (non-hydrogen) atoms. The first-order valence-corrected chi connectivity index (χ1v) is 8.16. The van der Waals surface area contributed by atoms with Gasteiger partial charge in [-0.3, -0.25) is 24.6 Å². The summed E-state index contributed by atoms with van der Waals surface area (Å²) in [5.74, 6) is 0.284. The molecule has 10 nitrogen and oxygen atoms in total. The molecule has 1 N–H and O–H groups in total. The van der Waals surface area contributed by atoms with Crippen molar-refractivity contribution in [1.82, 2.24) is 0 Å². The van der Waals surface area contributed by atoms with Crippen LogP contribution in [0.4, 0.5) is 17.1 Å². The molecule has 2 aromatic rings. The molecule has 0 atom stereocenters. The van der Waals surface area contributed by atoms with Gasteiger partial charge in [0.2, 0.25) is 5.91 Å². The first-order chi connectivity index (χ1) is 13.4. The maximum atomic E-state index is 12.5. The number of hydrogen-bond acceptors (Lipinski definition) is 7. The van der Waals surface area contributed by atoms with Crippen molar-refractivity contribution >= 4 is 28.9 Å². The largest absolute Gasteiger partial charge is 0.497 e. The van der Waals surface area contributed by atoms with Crippen molar-refractivity contribution in [2.45, 2.75) is 0 Å². The lowest BCUT2D eigenvalue weighted by Crippen LogP contribution is -2.43. The Kier molecular flexibility index (Phi) is 5.30. The van der Waals surface area contributed by atoms with Gasteiger partial charge in [-0.2, -0.15) is 0 Å². The van der Waals surface area contributed by atoms with Gasteiger partial charge < -0.3 is 19.5 Å². The van der Waals surface area contributed by atoms with E-state index in [9.17, 15) is 19.7 Å². The number of anilines is 2. The Morgan fingerprint density at radius 2 is 1.89 bits per heavy atom. The first kappa shape index (κ1) is 19.0. The summed E-state index contributed by atoms with van der Waals surface area (Å²) >= 11 is 0. The number of methoxy groups -OCH3 is 2. The van der Waals surface area contributed by atoms with E-state index in [1.807, 2.05) is 0 Å². The quantitative estimate of drug-likeness (QED) is 0.594. The predicted octanol–water partition coefficient (Wildman–Crippen LogP) is 1.98. The van der Waals surface area contributed by atoms with Crippen LogP contribution in [0.3, 0.4) is 0 Å². The molecule has 0 saturated carbocycles. The number of ether oxygens (including phenoxy) is 3. The number of nitro groups is 1.